The first kappa shape index (κ1) is 25.1. The molecule has 1 N–H and O–H groups in total. The van der Waals surface area contributed by atoms with Gasteiger partial charge in [0.1, 0.15) is 5.82 Å². The molecule has 3 aliphatic rings. The van der Waals surface area contributed by atoms with Gasteiger partial charge in [-0.1, -0.05) is 6.07 Å². The van der Waals surface area contributed by atoms with Gasteiger partial charge in [-0.15, -0.1) is 5.10 Å². The molecule has 3 saturated heterocycles. The second kappa shape index (κ2) is 9.21. The minimum atomic E-state index is -0.791. The molecular weight excluding hydrogens is 502 g/mol. The van der Waals surface area contributed by atoms with Gasteiger partial charge in [-0.25, -0.2) is 19.3 Å². The van der Waals surface area contributed by atoms with Gasteiger partial charge in [-0.3, -0.25) is 9.59 Å². The Labute approximate surface area is 225 Å². The van der Waals surface area contributed by atoms with E-state index in [2.05, 4.69) is 20.0 Å². The number of hydrogen-bond donors (Lipinski definition) is 1. The van der Waals surface area contributed by atoms with E-state index in [-0.39, 0.29) is 17.4 Å². The molecule has 204 valence electrons. The van der Waals surface area contributed by atoms with Gasteiger partial charge in [0.2, 0.25) is 5.82 Å². The van der Waals surface area contributed by atoms with E-state index in [0.29, 0.717) is 50.1 Å². The first-order valence-electron chi connectivity index (χ1n) is 13.1. The molecular formula is C27H31N7O5. The zero-order chi connectivity index (χ0) is 27.5. The van der Waals surface area contributed by atoms with Crippen LogP contribution in [0, 0.1) is 24.2 Å². The number of likely N-dealkylation sites (tertiary alicyclic amines) is 1. The zero-order valence-corrected chi connectivity index (χ0v) is 22.2. The Morgan fingerprint density at radius 3 is 2.49 bits per heavy atom. The number of aromatic nitrogens is 4. The summed E-state index contributed by atoms with van der Waals surface area (Å²) in [6.07, 6.45) is 2.40. The van der Waals surface area contributed by atoms with Crippen molar-refractivity contribution in [2.24, 2.45) is 17.3 Å². The number of hydrogen-bond acceptors (Lipinski definition) is 9. The molecule has 3 unspecified atom stereocenters. The Kier molecular flexibility index (Phi) is 5.92. The number of nitrogens with zero attached hydrogens (tertiary/aromatic N) is 7. The molecule has 3 fully saturated rings. The van der Waals surface area contributed by atoms with Crippen LogP contribution in [0.1, 0.15) is 40.0 Å². The number of methoxy groups -OCH3 is 1. The summed E-state index contributed by atoms with van der Waals surface area (Å²) >= 11 is 0. The summed E-state index contributed by atoms with van der Waals surface area (Å²) in [6, 6.07) is 7.30. The third-order valence-corrected chi connectivity index (χ3v) is 8.38. The number of ether oxygens (including phenoxy) is 1. The fourth-order valence-corrected chi connectivity index (χ4v) is 6.06. The standard InChI is InChI=1S/C27H31N7O5/c1-16-9-19(31-8-7-27(2,15-31)26(37)38)14-34-23(16)29-22(30-34)24(35)33-12-17-10-32(11-18(17)13-33)21-6-4-5-20(28-21)25(36)39-3/h4-6,9,14,17-18H,7-8,10-13,15H2,1-3H3,(H,37,38). The molecule has 12 heteroatoms. The molecule has 3 aromatic heterocycles. The summed E-state index contributed by atoms with van der Waals surface area (Å²) in [4.78, 5) is 52.0. The van der Waals surface area contributed by atoms with Gasteiger partial charge in [-0.2, -0.15) is 0 Å². The van der Waals surface area contributed by atoms with E-state index in [1.165, 1.54) is 7.11 Å². The fraction of sp³-hybridized carbons (Fsp3) is 0.481. The summed E-state index contributed by atoms with van der Waals surface area (Å²) in [5, 5.41) is 14.1. The third kappa shape index (κ3) is 4.33. The molecule has 3 aromatic rings. The SMILES string of the molecule is COC(=O)c1cccc(N2CC3CN(C(=O)c4nc5c(C)cc(N6CCC(C)(C(=O)O)C6)cn5n4)CC3C2)n1. The highest BCUT2D eigenvalue weighted by molar-refractivity contribution is 5.91. The highest BCUT2D eigenvalue weighted by atomic mass is 16.5. The maximum Gasteiger partial charge on any atom is 0.356 e. The predicted octanol–water partition coefficient (Wildman–Crippen LogP) is 1.73. The number of rotatable bonds is 5. The number of carboxylic acid groups (broad SMARTS) is 1. The molecule has 1 amide bonds. The Hall–Kier alpha value is -4.22. The lowest BCUT2D eigenvalue weighted by Crippen LogP contribution is -2.34. The second-order valence-electron chi connectivity index (χ2n) is 11.1. The monoisotopic (exact) mass is 533 g/mol. The molecule has 3 atom stereocenters. The maximum absolute atomic E-state index is 13.4. The minimum Gasteiger partial charge on any atom is -0.481 e. The number of carbonyl (C=O) groups excluding carboxylic acids is 2. The lowest BCUT2D eigenvalue weighted by Gasteiger charge is -2.22. The van der Waals surface area contributed by atoms with E-state index in [1.807, 2.05) is 35.1 Å². The average Bonchev–Trinajstić information content (AvgIpc) is 3.70. The number of aliphatic carboxylic acids is 1. The van der Waals surface area contributed by atoms with Crippen molar-refractivity contribution >= 4 is 35.0 Å². The van der Waals surface area contributed by atoms with E-state index < -0.39 is 17.4 Å². The highest BCUT2D eigenvalue weighted by Gasteiger charge is 2.43. The van der Waals surface area contributed by atoms with Crippen molar-refractivity contribution in [1.29, 1.82) is 0 Å². The number of anilines is 2. The molecule has 6 heterocycles. The van der Waals surface area contributed by atoms with E-state index in [9.17, 15) is 19.5 Å². The number of fused-ring (bicyclic) bond motifs is 2. The first-order valence-corrected chi connectivity index (χ1v) is 13.1. The second-order valence-corrected chi connectivity index (χ2v) is 11.1. The summed E-state index contributed by atoms with van der Waals surface area (Å²) < 4.78 is 6.42. The number of pyridine rings is 2. The minimum absolute atomic E-state index is 0.163. The van der Waals surface area contributed by atoms with E-state index >= 15 is 0 Å². The van der Waals surface area contributed by atoms with Crippen molar-refractivity contribution in [2.45, 2.75) is 20.3 Å². The fourth-order valence-electron chi connectivity index (χ4n) is 6.06. The molecule has 0 saturated carbocycles. The van der Waals surface area contributed by atoms with Crippen molar-refractivity contribution in [3.8, 4) is 0 Å². The van der Waals surface area contributed by atoms with Crippen LogP contribution in [-0.2, 0) is 9.53 Å². The number of carbonyl (C=O) groups is 3. The van der Waals surface area contributed by atoms with Crippen LogP contribution < -0.4 is 9.80 Å². The van der Waals surface area contributed by atoms with Crippen molar-refractivity contribution in [3.05, 3.63) is 47.5 Å². The number of amides is 1. The van der Waals surface area contributed by atoms with Gasteiger partial charge in [0.15, 0.2) is 11.3 Å². The Morgan fingerprint density at radius 1 is 1.08 bits per heavy atom. The lowest BCUT2D eigenvalue weighted by molar-refractivity contribution is -0.146. The third-order valence-electron chi connectivity index (χ3n) is 8.38. The predicted molar refractivity (Wildman–Crippen MR) is 141 cm³/mol. The lowest BCUT2D eigenvalue weighted by atomic mass is 9.90. The van der Waals surface area contributed by atoms with Crippen molar-refractivity contribution in [2.75, 3.05) is 56.2 Å². The maximum atomic E-state index is 13.4. The van der Waals surface area contributed by atoms with Gasteiger partial charge in [0, 0.05) is 51.1 Å². The van der Waals surface area contributed by atoms with Crippen molar-refractivity contribution in [3.63, 3.8) is 0 Å². The largest absolute Gasteiger partial charge is 0.481 e. The van der Waals surface area contributed by atoms with E-state index in [0.717, 1.165) is 30.2 Å². The van der Waals surface area contributed by atoms with Crippen LogP contribution in [0.5, 0.6) is 0 Å². The average molecular weight is 534 g/mol. The van der Waals surface area contributed by atoms with Gasteiger partial charge in [0.25, 0.3) is 5.91 Å². The van der Waals surface area contributed by atoms with Gasteiger partial charge in [-0.05, 0) is 44.0 Å². The number of aryl methyl sites for hydroxylation is 1. The Balaban J connectivity index is 1.14. The molecule has 0 spiro atoms. The molecule has 0 radical (unpaired) electrons. The number of carboxylic acids is 1. The molecule has 0 aliphatic carbocycles. The van der Waals surface area contributed by atoms with Crippen LogP contribution in [0.25, 0.3) is 5.65 Å². The molecule has 0 aromatic carbocycles. The van der Waals surface area contributed by atoms with Gasteiger partial charge in [0.05, 0.1) is 24.4 Å². The Bertz CT molecular complexity index is 1470. The van der Waals surface area contributed by atoms with Gasteiger partial charge < -0.3 is 24.5 Å². The molecule has 3 aliphatic heterocycles. The van der Waals surface area contributed by atoms with E-state index in [4.69, 9.17) is 4.74 Å². The zero-order valence-electron chi connectivity index (χ0n) is 22.2. The topological polar surface area (TPSA) is 133 Å². The van der Waals surface area contributed by atoms with E-state index in [1.54, 1.807) is 23.6 Å². The normalized spacial score (nSPS) is 24.4. The smallest absolute Gasteiger partial charge is 0.356 e. The van der Waals surface area contributed by atoms with Crippen LogP contribution in [-0.4, -0.2) is 93.8 Å². The summed E-state index contributed by atoms with van der Waals surface area (Å²) in [5.41, 5.74) is 1.86. The quantitative estimate of drug-likeness (QED) is 0.483. The van der Waals surface area contributed by atoms with Crippen LogP contribution in [0.3, 0.4) is 0 Å². The number of esters is 1. The molecule has 39 heavy (non-hydrogen) atoms. The van der Waals surface area contributed by atoms with Crippen LogP contribution in [0.15, 0.2) is 30.5 Å². The van der Waals surface area contributed by atoms with Crippen LogP contribution >= 0.6 is 0 Å². The van der Waals surface area contributed by atoms with Gasteiger partial charge >= 0.3 is 11.9 Å². The van der Waals surface area contributed by atoms with Crippen LogP contribution in [0.2, 0.25) is 0 Å². The van der Waals surface area contributed by atoms with Crippen molar-refractivity contribution < 1.29 is 24.2 Å². The molecule has 0 bridgehead atoms. The molecule has 6 rings (SSSR count). The highest BCUT2D eigenvalue weighted by Crippen LogP contribution is 2.35. The van der Waals surface area contributed by atoms with Crippen LogP contribution in [0.4, 0.5) is 11.5 Å². The van der Waals surface area contributed by atoms with Crippen molar-refractivity contribution in [1.82, 2.24) is 24.5 Å². The summed E-state index contributed by atoms with van der Waals surface area (Å²) in [7, 11) is 1.34. The first-order chi connectivity index (χ1) is 18.6. The summed E-state index contributed by atoms with van der Waals surface area (Å²) in [5.74, 6) is 0.0427. The summed E-state index contributed by atoms with van der Waals surface area (Å²) in [6.45, 7) is 7.47. The molecule has 12 nitrogen and oxygen atoms in total. The Morgan fingerprint density at radius 2 is 1.82 bits per heavy atom.